The van der Waals surface area contributed by atoms with E-state index in [1.54, 1.807) is 0 Å². The molecule has 0 spiro atoms. The first-order valence-corrected chi connectivity index (χ1v) is 4.70. The lowest BCUT2D eigenvalue weighted by molar-refractivity contribution is -0.104. The molecule has 0 saturated carbocycles. The fourth-order valence-electron chi connectivity index (χ4n) is 1.06. The molecular weight excluding hydrogens is 168 g/mol. The van der Waals surface area contributed by atoms with Gasteiger partial charge in [0.15, 0.2) is 0 Å². The molecule has 2 unspecified atom stereocenters. The van der Waals surface area contributed by atoms with Gasteiger partial charge in [0.25, 0.3) is 0 Å². The highest BCUT2D eigenvalue weighted by molar-refractivity contribution is 5.64. The van der Waals surface area contributed by atoms with Crippen LogP contribution in [0.15, 0.2) is 12.2 Å². The molecule has 0 amide bonds. The SMILES string of the molecule is CCCCCC(O)C(O)C=CC=O. The van der Waals surface area contributed by atoms with Gasteiger partial charge in [-0.3, -0.25) is 4.79 Å². The summed E-state index contributed by atoms with van der Waals surface area (Å²) in [7, 11) is 0. The van der Waals surface area contributed by atoms with E-state index in [9.17, 15) is 15.0 Å². The lowest BCUT2D eigenvalue weighted by Gasteiger charge is -2.13. The van der Waals surface area contributed by atoms with Crippen molar-refractivity contribution in [3.8, 4) is 0 Å². The summed E-state index contributed by atoms with van der Waals surface area (Å²) in [5, 5.41) is 18.6. The van der Waals surface area contributed by atoms with Gasteiger partial charge in [0.05, 0.1) is 12.2 Å². The van der Waals surface area contributed by atoms with E-state index in [2.05, 4.69) is 6.92 Å². The molecule has 3 nitrogen and oxygen atoms in total. The van der Waals surface area contributed by atoms with Gasteiger partial charge in [-0.1, -0.05) is 32.3 Å². The quantitative estimate of drug-likeness (QED) is 0.355. The van der Waals surface area contributed by atoms with Crippen LogP contribution in [-0.2, 0) is 4.79 Å². The fourth-order valence-corrected chi connectivity index (χ4v) is 1.06. The predicted octanol–water partition coefficient (Wildman–Crippen LogP) is 1.04. The summed E-state index contributed by atoms with van der Waals surface area (Å²) in [4.78, 5) is 9.91. The summed E-state index contributed by atoms with van der Waals surface area (Å²) in [6, 6.07) is 0. The van der Waals surface area contributed by atoms with E-state index >= 15 is 0 Å². The van der Waals surface area contributed by atoms with E-state index < -0.39 is 12.2 Å². The third-order valence-electron chi connectivity index (χ3n) is 1.88. The molecule has 0 saturated heterocycles. The van der Waals surface area contributed by atoms with Crippen LogP contribution in [0.2, 0.25) is 0 Å². The van der Waals surface area contributed by atoms with Crippen LogP contribution in [0.5, 0.6) is 0 Å². The zero-order valence-electron chi connectivity index (χ0n) is 8.02. The average molecular weight is 186 g/mol. The van der Waals surface area contributed by atoms with Crippen LogP contribution in [0.4, 0.5) is 0 Å². The molecule has 13 heavy (non-hydrogen) atoms. The molecule has 0 rings (SSSR count). The molecule has 0 bridgehead atoms. The number of aliphatic hydroxyl groups excluding tert-OH is 2. The van der Waals surface area contributed by atoms with Gasteiger partial charge in [0, 0.05) is 0 Å². The molecule has 0 heterocycles. The number of carbonyl (C=O) groups excluding carboxylic acids is 1. The Balaban J connectivity index is 3.61. The van der Waals surface area contributed by atoms with Crippen LogP contribution >= 0.6 is 0 Å². The van der Waals surface area contributed by atoms with Crippen LogP contribution in [0.3, 0.4) is 0 Å². The summed E-state index contributed by atoms with van der Waals surface area (Å²) < 4.78 is 0. The number of carbonyl (C=O) groups is 1. The van der Waals surface area contributed by atoms with Crippen LogP contribution in [0.1, 0.15) is 32.6 Å². The van der Waals surface area contributed by atoms with Gasteiger partial charge in [-0.05, 0) is 12.5 Å². The monoisotopic (exact) mass is 186 g/mol. The van der Waals surface area contributed by atoms with Gasteiger partial charge in [-0.2, -0.15) is 0 Å². The van der Waals surface area contributed by atoms with E-state index in [1.165, 1.54) is 12.2 Å². The highest BCUT2D eigenvalue weighted by Crippen LogP contribution is 2.07. The van der Waals surface area contributed by atoms with E-state index in [-0.39, 0.29) is 0 Å². The largest absolute Gasteiger partial charge is 0.390 e. The second-order valence-corrected chi connectivity index (χ2v) is 3.07. The van der Waals surface area contributed by atoms with Crippen molar-refractivity contribution in [2.45, 2.75) is 44.8 Å². The first kappa shape index (κ1) is 12.3. The molecule has 2 atom stereocenters. The molecule has 0 aromatic heterocycles. The molecule has 2 N–H and O–H groups in total. The minimum atomic E-state index is -0.915. The Morgan fingerprint density at radius 3 is 2.54 bits per heavy atom. The highest BCUT2D eigenvalue weighted by Gasteiger charge is 2.11. The number of allylic oxidation sites excluding steroid dienone is 1. The molecule has 0 aromatic carbocycles. The van der Waals surface area contributed by atoms with E-state index in [4.69, 9.17) is 0 Å². The second-order valence-electron chi connectivity index (χ2n) is 3.07. The Morgan fingerprint density at radius 1 is 1.31 bits per heavy atom. The van der Waals surface area contributed by atoms with Crippen molar-refractivity contribution < 1.29 is 15.0 Å². The van der Waals surface area contributed by atoms with Gasteiger partial charge in [0.1, 0.15) is 6.29 Å². The number of aliphatic hydroxyl groups is 2. The third-order valence-corrected chi connectivity index (χ3v) is 1.88. The van der Waals surface area contributed by atoms with Gasteiger partial charge in [-0.15, -0.1) is 0 Å². The van der Waals surface area contributed by atoms with E-state index in [0.717, 1.165) is 19.3 Å². The Bertz CT molecular complexity index is 154. The maximum Gasteiger partial charge on any atom is 0.142 e. The van der Waals surface area contributed by atoms with Crippen LogP contribution in [-0.4, -0.2) is 28.7 Å². The third kappa shape index (κ3) is 6.49. The minimum Gasteiger partial charge on any atom is -0.390 e. The lowest BCUT2D eigenvalue weighted by Crippen LogP contribution is -2.23. The lowest BCUT2D eigenvalue weighted by atomic mass is 10.1. The maximum absolute atomic E-state index is 9.91. The topological polar surface area (TPSA) is 57.5 Å². The zero-order valence-corrected chi connectivity index (χ0v) is 8.02. The van der Waals surface area contributed by atoms with Crippen molar-refractivity contribution in [2.24, 2.45) is 0 Å². The molecule has 76 valence electrons. The number of aldehydes is 1. The van der Waals surface area contributed by atoms with Crippen molar-refractivity contribution in [1.82, 2.24) is 0 Å². The molecule has 0 aliphatic carbocycles. The molecular formula is C10H18O3. The average Bonchev–Trinajstić information content (AvgIpc) is 2.14. The Kier molecular flexibility index (Phi) is 7.54. The number of unbranched alkanes of at least 4 members (excludes halogenated alkanes) is 2. The predicted molar refractivity (Wildman–Crippen MR) is 51.4 cm³/mol. The highest BCUT2D eigenvalue weighted by atomic mass is 16.3. The summed E-state index contributed by atoms with van der Waals surface area (Å²) in [5.41, 5.74) is 0. The smallest absolute Gasteiger partial charge is 0.142 e. The normalized spacial score (nSPS) is 15.9. The minimum absolute atomic E-state index is 0.582. The summed E-state index contributed by atoms with van der Waals surface area (Å²) in [6.45, 7) is 2.08. The van der Waals surface area contributed by atoms with E-state index in [1.807, 2.05) is 0 Å². The maximum atomic E-state index is 9.91. The van der Waals surface area contributed by atoms with Crippen molar-refractivity contribution in [3.05, 3.63) is 12.2 Å². The molecule has 0 fully saturated rings. The molecule has 0 radical (unpaired) electrons. The van der Waals surface area contributed by atoms with Crippen molar-refractivity contribution in [1.29, 1.82) is 0 Å². The number of hydrogen-bond acceptors (Lipinski definition) is 3. The summed E-state index contributed by atoms with van der Waals surface area (Å²) in [6.07, 6.45) is 5.07. The Labute approximate surface area is 79.1 Å². The Morgan fingerprint density at radius 2 is 2.00 bits per heavy atom. The summed E-state index contributed by atoms with van der Waals surface area (Å²) >= 11 is 0. The van der Waals surface area contributed by atoms with Crippen molar-refractivity contribution in [3.63, 3.8) is 0 Å². The number of hydrogen-bond donors (Lipinski definition) is 2. The van der Waals surface area contributed by atoms with Crippen molar-refractivity contribution in [2.75, 3.05) is 0 Å². The first-order chi connectivity index (χ1) is 6.22. The fraction of sp³-hybridized carbons (Fsp3) is 0.700. The van der Waals surface area contributed by atoms with Crippen LogP contribution in [0, 0.1) is 0 Å². The molecule has 0 aliphatic heterocycles. The zero-order chi connectivity index (χ0) is 10.1. The Hall–Kier alpha value is -0.670. The second kappa shape index (κ2) is 7.95. The van der Waals surface area contributed by atoms with Gasteiger partial charge >= 0.3 is 0 Å². The van der Waals surface area contributed by atoms with Gasteiger partial charge in [-0.25, -0.2) is 0 Å². The van der Waals surface area contributed by atoms with Gasteiger partial charge < -0.3 is 10.2 Å². The van der Waals surface area contributed by atoms with E-state index in [0.29, 0.717) is 12.7 Å². The first-order valence-electron chi connectivity index (χ1n) is 4.70. The van der Waals surface area contributed by atoms with Gasteiger partial charge in [0.2, 0.25) is 0 Å². The van der Waals surface area contributed by atoms with Crippen molar-refractivity contribution >= 4 is 6.29 Å². The van der Waals surface area contributed by atoms with Crippen LogP contribution in [0.25, 0.3) is 0 Å². The number of rotatable bonds is 7. The molecule has 3 heteroatoms. The standard InChI is InChI=1S/C10H18O3/c1-2-3-4-6-9(12)10(13)7-5-8-11/h5,7-10,12-13H,2-4,6H2,1H3. The van der Waals surface area contributed by atoms with Crippen LogP contribution < -0.4 is 0 Å². The molecule has 0 aliphatic rings. The summed E-state index contributed by atoms with van der Waals surface area (Å²) in [5.74, 6) is 0. The molecule has 0 aromatic rings.